The van der Waals surface area contributed by atoms with E-state index in [0.29, 0.717) is 45.7 Å². The number of para-hydroxylation sites is 1. The van der Waals surface area contributed by atoms with Crippen molar-refractivity contribution in [3.63, 3.8) is 0 Å². The first-order valence-electron chi connectivity index (χ1n) is 17.5. The van der Waals surface area contributed by atoms with E-state index in [0.717, 1.165) is 34.1 Å². The Hall–Kier alpha value is -4.14. The van der Waals surface area contributed by atoms with Crippen molar-refractivity contribution in [3.05, 3.63) is 75.0 Å². The molecular formula is C38H40N4O8S. The predicted octanol–water partition coefficient (Wildman–Crippen LogP) is 4.05. The monoisotopic (exact) mass is 712 g/mol. The van der Waals surface area contributed by atoms with Gasteiger partial charge in [0.25, 0.3) is 0 Å². The number of phenolic OH excluding ortho intramolecular Hbond substituents is 3. The summed E-state index contributed by atoms with van der Waals surface area (Å²) in [6.45, 7) is 5.48. The number of carbonyl (C=O) groups excluding carboxylic acids is 1. The molecule has 0 aliphatic carbocycles. The van der Waals surface area contributed by atoms with Crippen LogP contribution in [0.2, 0.25) is 0 Å². The number of aliphatic hydroxyl groups is 1. The van der Waals surface area contributed by atoms with Crippen LogP contribution in [0.25, 0.3) is 10.9 Å². The number of thioether (sulfide) groups is 1. The number of aromatic amines is 1. The van der Waals surface area contributed by atoms with Gasteiger partial charge in [0.15, 0.2) is 28.5 Å². The van der Waals surface area contributed by atoms with E-state index in [9.17, 15) is 25.2 Å². The van der Waals surface area contributed by atoms with Gasteiger partial charge in [0.05, 0.1) is 29.1 Å². The molecule has 2 unspecified atom stereocenters. The molecule has 8 atom stereocenters. The third kappa shape index (κ3) is 3.98. The summed E-state index contributed by atoms with van der Waals surface area (Å²) in [5.74, 6) is 0.465. The van der Waals surface area contributed by atoms with Crippen molar-refractivity contribution in [1.29, 1.82) is 0 Å². The second kappa shape index (κ2) is 10.7. The number of benzene rings is 3. The smallest absolute Gasteiger partial charge is 0.333 e. The topological polar surface area (TPSA) is 160 Å². The molecule has 2 fully saturated rings. The van der Waals surface area contributed by atoms with Crippen LogP contribution in [0, 0.1) is 13.8 Å². The van der Waals surface area contributed by atoms with E-state index >= 15 is 0 Å². The van der Waals surface area contributed by atoms with Gasteiger partial charge in [-0.1, -0.05) is 24.3 Å². The lowest BCUT2D eigenvalue weighted by Gasteiger charge is -2.62. The summed E-state index contributed by atoms with van der Waals surface area (Å²) in [6.07, 6.45) is 0.153. The fourth-order valence-corrected chi connectivity index (χ4v) is 11.9. The quantitative estimate of drug-likeness (QED) is 0.115. The Morgan fingerprint density at radius 2 is 1.76 bits per heavy atom. The summed E-state index contributed by atoms with van der Waals surface area (Å²) in [5.41, 5.74) is 5.42. The van der Waals surface area contributed by atoms with E-state index in [1.807, 2.05) is 36.2 Å². The number of esters is 1. The van der Waals surface area contributed by atoms with Crippen LogP contribution in [0.5, 0.6) is 28.7 Å². The van der Waals surface area contributed by atoms with E-state index in [2.05, 4.69) is 28.2 Å². The Bertz CT molecular complexity index is 2190. The van der Waals surface area contributed by atoms with Crippen molar-refractivity contribution in [2.24, 2.45) is 0 Å². The van der Waals surface area contributed by atoms with Crippen LogP contribution < -0.4 is 14.8 Å². The molecule has 266 valence electrons. The third-order valence-corrected chi connectivity index (χ3v) is 13.9. The zero-order valence-electron chi connectivity index (χ0n) is 28.7. The van der Waals surface area contributed by atoms with Crippen molar-refractivity contribution in [2.75, 3.05) is 26.2 Å². The normalized spacial score (nSPS) is 32.3. The Balaban J connectivity index is 1.22. The van der Waals surface area contributed by atoms with Crippen molar-refractivity contribution in [3.8, 4) is 28.7 Å². The third-order valence-electron chi connectivity index (χ3n) is 12.4. The van der Waals surface area contributed by atoms with Crippen LogP contribution in [0.3, 0.4) is 0 Å². The predicted molar refractivity (Wildman–Crippen MR) is 188 cm³/mol. The standard InChI is InChI=1S/C38H40N4O8S/c1-15-9-18-11-22-36(46)42-23-12-48-37(47)38(35-20(10-16(2)40-38)19-7-5-6-8-21(19)39-35)13-51-34(28(42)27(41(22)4)24(18)31(45)29(15)43)26-25(23)33-32(49-14-50-33)17(3)30(26)44/h5-9,16,22-23,27-28,34,36,39-40,43-46H,10-14H2,1-4H3/t16?,22-,23+,27+,28?,34-,36+,38-/m1/s1. The molecule has 4 bridgehead atoms. The molecule has 12 nitrogen and oxygen atoms in total. The van der Waals surface area contributed by atoms with Crippen molar-refractivity contribution >= 4 is 28.6 Å². The first-order chi connectivity index (χ1) is 24.5. The van der Waals surface area contributed by atoms with Crippen LogP contribution in [-0.4, -0.2) is 91.7 Å². The highest BCUT2D eigenvalue weighted by Crippen LogP contribution is 2.64. The van der Waals surface area contributed by atoms with Crippen molar-refractivity contribution < 1.29 is 39.4 Å². The summed E-state index contributed by atoms with van der Waals surface area (Å²) in [7, 11) is 1.95. The lowest BCUT2D eigenvalue weighted by atomic mass is 9.73. The minimum Gasteiger partial charge on any atom is -0.507 e. The minimum atomic E-state index is -1.25. The molecule has 0 amide bonds. The number of phenols is 3. The summed E-state index contributed by atoms with van der Waals surface area (Å²) >= 11 is 1.51. The molecule has 6 N–H and O–H groups in total. The molecule has 1 aromatic heterocycles. The molecule has 7 aliphatic heterocycles. The molecule has 2 saturated heterocycles. The zero-order valence-corrected chi connectivity index (χ0v) is 29.5. The molecule has 11 rings (SSSR count). The molecule has 4 aromatic rings. The number of aryl methyl sites for hydroxylation is 1. The number of aliphatic hydroxyl groups excluding tert-OH is 1. The number of nitrogens with one attached hydrogen (secondary N) is 2. The second-order valence-electron chi connectivity index (χ2n) is 15.1. The number of ether oxygens (including phenoxy) is 3. The van der Waals surface area contributed by atoms with Crippen LogP contribution in [0.15, 0.2) is 30.3 Å². The number of rotatable bonds is 0. The SMILES string of the molecule is Cc1cc2c(c(O)c1O)[C@H]1C3[C@@H]4SC[C@]5(NC(C)Cc6c5[nH]c5ccccc65)C(=O)OC[C@@H](c5c6c(c(C)c(O)c54)OCO6)N3[C@@H](O)[C@@H](C2)N1C. The largest absolute Gasteiger partial charge is 0.507 e. The molecule has 13 heteroatoms. The van der Waals surface area contributed by atoms with Gasteiger partial charge in [-0.2, -0.15) is 0 Å². The number of aromatic nitrogens is 1. The zero-order chi connectivity index (χ0) is 35.2. The molecule has 3 aromatic carbocycles. The highest BCUT2D eigenvalue weighted by Gasteiger charge is 2.61. The summed E-state index contributed by atoms with van der Waals surface area (Å²) in [4.78, 5) is 22.4. The van der Waals surface area contributed by atoms with Crippen molar-refractivity contribution in [2.45, 2.75) is 80.8 Å². The fraction of sp³-hybridized carbons (Fsp3) is 0.447. The maximum Gasteiger partial charge on any atom is 0.333 e. The second-order valence-corrected chi connectivity index (χ2v) is 16.2. The highest BCUT2D eigenvalue weighted by atomic mass is 32.2. The molecule has 51 heavy (non-hydrogen) atoms. The number of likely N-dealkylation sites (N-methyl/N-ethyl adjacent to an activating group) is 1. The summed E-state index contributed by atoms with van der Waals surface area (Å²) < 4.78 is 18.4. The van der Waals surface area contributed by atoms with E-state index in [4.69, 9.17) is 14.2 Å². The average Bonchev–Trinajstić information content (AvgIpc) is 3.75. The number of H-pyrrole nitrogens is 1. The highest BCUT2D eigenvalue weighted by molar-refractivity contribution is 7.99. The number of nitrogens with zero attached hydrogens (tertiary/aromatic N) is 2. The van der Waals surface area contributed by atoms with Crippen LogP contribution in [0.4, 0.5) is 0 Å². The number of hydrogen-bond donors (Lipinski definition) is 6. The molecule has 0 saturated carbocycles. The summed E-state index contributed by atoms with van der Waals surface area (Å²) in [6, 6.07) is 7.78. The summed E-state index contributed by atoms with van der Waals surface area (Å²) in [5, 5.41) is 51.5. The average molecular weight is 713 g/mol. The van der Waals surface area contributed by atoms with Gasteiger partial charge in [0.1, 0.15) is 18.6 Å². The Morgan fingerprint density at radius 1 is 0.980 bits per heavy atom. The van der Waals surface area contributed by atoms with Gasteiger partial charge in [-0.05, 0) is 63.4 Å². The van der Waals surface area contributed by atoms with Gasteiger partial charge in [-0.25, -0.2) is 4.79 Å². The molecule has 0 radical (unpaired) electrons. The maximum absolute atomic E-state index is 14.7. The van der Waals surface area contributed by atoms with Crippen LogP contribution >= 0.6 is 11.8 Å². The van der Waals surface area contributed by atoms with E-state index in [1.54, 1.807) is 13.8 Å². The Kier molecular flexibility index (Phi) is 6.63. The molecular weight excluding hydrogens is 673 g/mol. The minimum absolute atomic E-state index is 0.0235. The van der Waals surface area contributed by atoms with Gasteiger partial charge >= 0.3 is 5.97 Å². The first-order valence-corrected chi connectivity index (χ1v) is 18.6. The van der Waals surface area contributed by atoms with E-state index in [1.165, 1.54) is 11.8 Å². The number of piperazine rings is 1. The maximum atomic E-state index is 14.7. The Labute approximate surface area is 298 Å². The number of fused-ring (bicyclic) bond motifs is 11. The number of hydrogen-bond acceptors (Lipinski definition) is 12. The van der Waals surface area contributed by atoms with Gasteiger partial charge in [0.2, 0.25) is 6.79 Å². The van der Waals surface area contributed by atoms with Crippen LogP contribution in [0.1, 0.15) is 68.9 Å². The van der Waals surface area contributed by atoms with E-state index < -0.39 is 41.1 Å². The van der Waals surface area contributed by atoms with Gasteiger partial charge in [-0.15, -0.1) is 11.8 Å². The lowest BCUT2D eigenvalue weighted by molar-refractivity contribution is -0.186. The van der Waals surface area contributed by atoms with E-state index in [-0.39, 0.29) is 48.5 Å². The first kappa shape index (κ1) is 31.6. The fourth-order valence-electron chi connectivity index (χ4n) is 10.2. The van der Waals surface area contributed by atoms with Gasteiger partial charge in [0, 0.05) is 51.0 Å². The van der Waals surface area contributed by atoms with Crippen molar-refractivity contribution in [1.82, 2.24) is 20.1 Å². The number of carbonyl (C=O) groups is 1. The lowest BCUT2D eigenvalue weighted by Crippen LogP contribution is -2.70. The van der Waals surface area contributed by atoms with Crippen LogP contribution in [-0.2, 0) is 27.9 Å². The molecule has 7 aliphatic rings. The number of aromatic hydroxyl groups is 3. The Morgan fingerprint density at radius 3 is 2.59 bits per heavy atom. The van der Waals surface area contributed by atoms with Gasteiger partial charge < -0.3 is 39.6 Å². The van der Waals surface area contributed by atoms with Gasteiger partial charge in [-0.3, -0.25) is 15.1 Å². The molecule has 8 heterocycles. The molecule has 1 spiro atoms.